The highest BCUT2D eigenvalue weighted by atomic mass is 35.5. The monoisotopic (exact) mass is 346 g/mol. The van der Waals surface area contributed by atoms with E-state index in [1.54, 1.807) is 24.5 Å². The predicted octanol–water partition coefficient (Wildman–Crippen LogP) is 3.95. The van der Waals surface area contributed by atoms with Crippen LogP contribution in [-0.2, 0) is 16.6 Å². The molecule has 0 spiro atoms. The third kappa shape index (κ3) is 3.63. The van der Waals surface area contributed by atoms with Gasteiger partial charge in [0.2, 0.25) is 0 Å². The zero-order chi connectivity index (χ0) is 16.4. The summed E-state index contributed by atoms with van der Waals surface area (Å²) >= 11 is 6.09. The molecule has 23 heavy (non-hydrogen) atoms. The van der Waals surface area contributed by atoms with E-state index in [0.717, 1.165) is 16.5 Å². The SMILES string of the molecule is CS(=O)Cc1cc(NC(=O)c2cc3ccccc3[nH]2)ccc1Cl. The minimum absolute atomic E-state index is 0.230. The van der Waals surface area contributed by atoms with Crippen molar-refractivity contribution in [3.63, 3.8) is 0 Å². The highest BCUT2D eigenvalue weighted by molar-refractivity contribution is 7.83. The molecule has 0 aliphatic heterocycles. The molecule has 6 heteroatoms. The van der Waals surface area contributed by atoms with Gasteiger partial charge >= 0.3 is 0 Å². The number of nitrogens with one attached hydrogen (secondary N) is 2. The lowest BCUT2D eigenvalue weighted by atomic mass is 10.2. The molecule has 0 bridgehead atoms. The van der Waals surface area contributed by atoms with E-state index in [1.165, 1.54) is 0 Å². The molecule has 0 radical (unpaired) electrons. The second-order valence-electron chi connectivity index (χ2n) is 5.25. The van der Waals surface area contributed by atoms with E-state index in [9.17, 15) is 9.00 Å². The fourth-order valence-electron chi connectivity index (χ4n) is 2.38. The van der Waals surface area contributed by atoms with Gasteiger partial charge in [0.05, 0.1) is 0 Å². The molecule has 0 aliphatic rings. The first kappa shape index (κ1) is 15.8. The Labute approximate surface area is 141 Å². The fourth-order valence-corrected chi connectivity index (χ4v) is 3.32. The summed E-state index contributed by atoms with van der Waals surface area (Å²) in [5.74, 6) is 0.127. The minimum atomic E-state index is -0.998. The first-order chi connectivity index (χ1) is 11.0. The van der Waals surface area contributed by atoms with Gasteiger partial charge in [-0.15, -0.1) is 0 Å². The number of hydrogen-bond donors (Lipinski definition) is 2. The Morgan fingerprint density at radius 1 is 1.22 bits per heavy atom. The number of carbonyl (C=O) groups is 1. The Balaban J connectivity index is 1.83. The number of fused-ring (bicyclic) bond motifs is 1. The number of carbonyl (C=O) groups excluding carboxylic acids is 1. The summed E-state index contributed by atoms with van der Waals surface area (Å²) in [5, 5.41) is 4.36. The van der Waals surface area contributed by atoms with Crippen molar-refractivity contribution >= 4 is 44.9 Å². The van der Waals surface area contributed by atoms with E-state index in [1.807, 2.05) is 30.3 Å². The van der Waals surface area contributed by atoms with Crippen LogP contribution in [0.25, 0.3) is 10.9 Å². The van der Waals surface area contributed by atoms with Crippen LogP contribution >= 0.6 is 11.6 Å². The quantitative estimate of drug-likeness (QED) is 0.751. The number of H-pyrrole nitrogens is 1. The van der Waals surface area contributed by atoms with Crippen LogP contribution in [0.2, 0.25) is 5.02 Å². The van der Waals surface area contributed by atoms with E-state index in [0.29, 0.717) is 22.2 Å². The van der Waals surface area contributed by atoms with Crippen LogP contribution in [0.15, 0.2) is 48.5 Å². The van der Waals surface area contributed by atoms with E-state index < -0.39 is 10.8 Å². The van der Waals surface area contributed by atoms with Gasteiger partial charge in [-0.25, -0.2) is 0 Å². The molecule has 1 unspecified atom stereocenters. The maximum Gasteiger partial charge on any atom is 0.272 e. The van der Waals surface area contributed by atoms with Crippen LogP contribution in [0.1, 0.15) is 16.1 Å². The average molecular weight is 347 g/mol. The van der Waals surface area contributed by atoms with Gasteiger partial charge in [0.1, 0.15) is 5.69 Å². The molecule has 1 aromatic heterocycles. The number of benzene rings is 2. The average Bonchev–Trinajstić information content (AvgIpc) is 2.94. The third-order valence-electron chi connectivity index (χ3n) is 3.44. The number of halogens is 1. The normalized spacial score (nSPS) is 12.3. The number of rotatable bonds is 4. The van der Waals surface area contributed by atoms with E-state index in [-0.39, 0.29) is 5.91 Å². The Bertz CT molecular complexity index is 871. The van der Waals surface area contributed by atoms with E-state index >= 15 is 0 Å². The molecule has 0 fully saturated rings. The van der Waals surface area contributed by atoms with Crippen LogP contribution in [0.3, 0.4) is 0 Å². The topological polar surface area (TPSA) is 62.0 Å². The van der Waals surface area contributed by atoms with Gasteiger partial charge in [-0.3, -0.25) is 9.00 Å². The number of hydrogen-bond acceptors (Lipinski definition) is 2. The molecule has 1 heterocycles. The summed E-state index contributed by atoms with van der Waals surface area (Å²) in [7, 11) is -0.998. The highest BCUT2D eigenvalue weighted by Crippen LogP contribution is 2.23. The van der Waals surface area contributed by atoms with Crippen LogP contribution in [0.5, 0.6) is 0 Å². The second-order valence-corrected chi connectivity index (χ2v) is 7.09. The lowest BCUT2D eigenvalue weighted by Crippen LogP contribution is -2.12. The molecule has 0 saturated heterocycles. The van der Waals surface area contributed by atoms with Crippen molar-refractivity contribution < 1.29 is 9.00 Å². The molecule has 1 amide bonds. The number of aromatic amines is 1. The van der Waals surface area contributed by atoms with E-state index in [4.69, 9.17) is 11.6 Å². The van der Waals surface area contributed by atoms with Crippen molar-refractivity contribution in [1.29, 1.82) is 0 Å². The minimum Gasteiger partial charge on any atom is -0.351 e. The zero-order valence-corrected chi connectivity index (χ0v) is 14.0. The Kier molecular flexibility index (Phi) is 4.50. The van der Waals surface area contributed by atoms with Crippen LogP contribution in [-0.4, -0.2) is 21.4 Å². The molecule has 3 rings (SSSR count). The molecule has 0 aliphatic carbocycles. The van der Waals surface area contributed by atoms with Crippen molar-refractivity contribution in [2.45, 2.75) is 5.75 Å². The van der Waals surface area contributed by atoms with Gasteiger partial charge in [0.15, 0.2) is 0 Å². The molecule has 3 aromatic rings. The lowest BCUT2D eigenvalue weighted by Gasteiger charge is -2.08. The standard InChI is InChI=1S/C17H15ClN2O2S/c1-23(22)10-12-8-13(6-7-14(12)18)19-17(21)16-9-11-4-2-3-5-15(11)20-16/h2-9,20H,10H2,1H3,(H,19,21). The molecule has 1 atom stereocenters. The summed E-state index contributed by atoms with van der Waals surface area (Å²) < 4.78 is 11.4. The molecular weight excluding hydrogens is 332 g/mol. The summed E-state index contributed by atoms with van der Waals surface area (Å²) in [4.78, 5) is 15.5. The largest absolute Gasteiger partial charge is 0.351 e. The maximum atomic E-state index is 12.4. The summed E-state index contributed by atoms with van der Waals surface area (Å²) in [6, 6.07) is 14.7. The highest BCUT2D eigenvalue weighted by Gasteiger charge is 2.11. The van der Waals surface area contributed by atoms with Gasteiger partial charge in [0, 0.05) is 44.4 Å². The molecule has 4 nitrogen and oxygen atoms in total. The smallest absolute Gasteiger partial charge is 0.272 e. The van der Waals surface area contributed by atoms with Crippen molar-refractivity contribution in [3.05, 3.63) is 64.8 Å². The molecule has 0 saturated carbocycles. The van der Waals surface area contributed by atoms with Crippen molar-refractivity contribution in [1.82, 2.24) is 4.98 Å². The number of amides is 1. The molecular formula is C17H15ClN2O2S. The molecule has 2 N–H and O–H groups in total. The molecule has 118 valence electrons. The first-order valence-electron chi connectivity index (χ1n) is 7.00. The van der Waals surface area contributed by atoms with Gasteiger partial charge < -0.3 is 10.3 Å². The first-order valence-corrected chi connectivity index (χ1v) is 9.11. The van der Waals surface area contributed by atoms with Crippen LogP contribution in [0, 0.1) is 0 Å². The third-order valence-corrected chi connectivity index (χ3v) is 4.52. The summed E-state index contributed by atoms with van der Waals surface area (Å²) in [6.45, 7) is 0. The Morgan fingerprint density at radius 2 is 2.00 bits per heavy atom. The Hall–Kier alpha value is -2.11. The maximum absolute atomic E-state index is 12.4. The predicted molar refractivity (Wildman–Crippen MR) is 95.5 cm³/mol. The van der Waals surface area contributed by atoms with Gasteiger partial charge in [0.25, 0.3) is 5.91 Å². The molecule has 2 aromatic carbocycles. The fraction of sp³-hybridized carbons (Fsp3) is 0.118. The van der Waals surface area contributed by atoms with Crippen molar-refractivity contribution in [2.75, 3.05) is 11.6 Å². The Morgan fingerprint density at radius 3 is 2.74 bits per heavy atom. The van der Waals surface area contributed by atoms with Crippen molar-refractivity contribution in [3.8, 4) is 0 Å². The summed E-state index contributed by atoms with van der Waals surface area (Å²) in [6.07, 6.45) is 1.62. The second kappa shape index (κ2) is 6.56. The van der Waals surface area contributed by atoms with Crippen molar-refractivity contribution in [2.24, 2.45) is 0 Å². The van der Waals surface area contributed by atoms with Crippen LogP contribution < -0.4 is 5.32 Å². The number of para-hydroxylation sites is 1. The lowest BCUT2D eigenvalue weighted by molar-refractivity contribution is 0.102. The van der Waals surface area contributed by atoms with E-state index in [2.05, 4.69) is 10.3 Å². The van der Waals surface area contributed by atoms with Gasteiger partial charge in [-0.2, -0.15) is 0 Å². The van der Waals surface area contributed by atoms with Gasteiger partial charge in [-0.05, 0) is 35.9 Å². The van der Waals surface area contributed by atoms with Gasteiger partial charge in [-0.1, -0.05) is 29.8 Å². The number of anilines is 1. The zero-order valence-electron chi connectivity index (χ0n) is 12.4. The van der Waals surface area contributed by atoms with Crippen LogP contribution in [0.4, 0.5) is 5.69 Å². The number of aromatic nitrogens is 1. The summed E-state index contributed by atoms with van der Waals surface area (Å²) in [5.41, 5.74) is 2.78.